The van der Waals surface area contributed by atoms with Crippen molar-refractivity contribution in [3.8, 4) is 11.5 Å². The van der Waals surface area contributed by atoms with Crippen molar-refractivity contribution in [2.24, 2.45) is 5.92 Å². The molecule has 1 N–H and O–H groups in total. The standard InChI is InChI=1S/C24H28F2N2O4/c1-31-20-10-9-18(14-21(20)32-24(25)26)11-12-27-23(30)19-8-5-13-28(16-19)22(29)15-17-6-3-2-4-7-17/h2-4,6-7,9-10,14,19,24H,5,8,11-13,15-16H2,1H3,(H,27,30). The van der Waals surface area contributed by atoms with Crippen LogP contribution in [0.15, 0.2) is 48.5 Å². The van der Waals surface area contributed by atoms with Gasteiger partial charge in [0.05, 0.1) is 19.4 Å². The first-order chi connectivity index (χ1) is 15.5. The average molecular weight is 446 g/mol. The summed E-state index contributed by atoms with van der Waals surface area (Å²) in [7, 11) is 1.38. The fourth-order valence-corrected chi connectivity index (χ4v) is 3.84. The lowest BCUT2D eigenvalue weighted by molar-refractivity contribution is -0.135. The van der Waals surface area contributed by atoms with E-state index in [2.05, 4.69) is 10.1 Å². The van der Waals surface area contributed by atoms with E-state index in [9.17, 15) is 18.4 Å². The number of hydrogen-bond donors (Lipinski definition) is 1. The molecule has 0 spiro atoms. The van der Waals surface area contributed by atoms with E-state index in [0.717, 1.165) is 24.0 Å². The molecule has 3 rings (SSSR count). The summed E-state index contributed by atoms with van der Waals surface area (Å²) in [4.78, 5) is 27.0. The fourth-order valence-electron chi connectivity index (χ4n) is 3.84. The lowest BCUT2D eigenvalue weighted by Gasteiger charge is -2.32. The predicted molar refractivity (Wildman–Crippen MR) is 116 cm³/mol. The van der Waals surface area contributed by atoms with Crippen molar-refractivity contribution in [2.75, 3.05) is 26.7 Å². The summed E-state index contributed by atoms with van der Waals surface area (Å²) in [5.41, 5.74) is 1.70. The van der Waals surface area contributed by atoms with Crippen LogP contribution in [-0.4, -0.2) is 50.1 Å². The van der Waals surface area contributed by atoms with Crippen molar-refractivity contribution in [2.45, 2.75) is 32.3 Å². The molecule has 0 radical (unpaired) electrons. The Morgan fingerprint density at radius 3 is 2.62 bits per heavy atom. The van der Waals surface area contributed by atoms with Crippen LogP contribution in [0, 0.1) is 5.92 Å². The van der Waals surface area contributed by atoms with Crippen LogP contribution in [-0.2, 0) is 22.4 Å². The summed E-state index contributed by atoms with van der Waals surface area (Å²) in [5.74, 6) is -0.137. The zero-order chi connectivity index (χ0) is 22.9. The van der Waals surface area contributed by atoms with Crippen LogP contribution in [0.1, 0.15) is 24.0 Å². The molecule has 2 amide bonds. The van der Waals surface area contributed by atoms with E-state index in [0.29, 0.717) is 32.5 Å². The summed E-state index contributed by atoms with van der Waals surface area (Å²) in [6.07, 6.45) is 2.30. The number of nitrogens with zero attached hydrogens (tertiary/aromatic N) is 1. The van der Waals surface area contributed by atoms with Crippen LogP contribution in [0.3, 0.4) is 0 Å². The summed E-state index contributed by atoms with van der Waals surface area (Å²) >= 11 is 0. The molecular formula is C24H28F2N2O4. The van der Waals surface area contributed by atoms with Crippen LogP contribution >= 0.6 is 0 Å². The zero-order valence-electron chi connectivity index (χ0n) is 18.1. The van der Waals surface area contributed by atoms with Crippen LogP contribution in [0.25, 0.3) is 0 Å². The van der Waals surface area contributed by atoms with Gasteiger partial charge in [-0.2, -0.15) is 8.78 Å². The molecule has 0 saturated carbocycles. The van der Waals surface area contributed by atoms with Crippen molar-refractivity contribution < 1.29 is 27.8 Å². The molecule has 2 aromatic carbocycles. The first-order valence-electron chi connectivity index (χ1n) is 10.7. The largest absolute Gasteiger partial charge is 0.493 e. The molecule has 172 valence electrons. The van der Waals surface area contributed by atoms with E-state index in [1.54, 1.807) is 17.0 Å². The van der Waals surface area contributed by atoms with Crippen molar-refractivity contribution in [3.05, 3.63) is 59.7 Å². The minimum absolute atomic E-state index is 0.0264. The molecule has 1 aliphatic rings. The Labute approximate surface area is 186 Å². The SMILES string of the molecule is COc1ccc(CCNC(=O)C2CCCN(C(=O)Cc3ccccc3)C2)cc1OC(F)F. The van der Waals surface area contributed by atoms with Gasteiger partial charge in [0.2, 0.25) is 11.8 Å². The van der Waals surface area contributed by atoms with Gasteiger partial charge in [-0.25, -0.2) is 0 Å². The van der Waals surface area contributed by atoms with Gasteiger partial charge in [0.25, 0.3) is 0 Å². The van der Waals surface area contributed by atoms with Crippen molar-refractivity contribution in [1.29, 1.82) is 0 Å². The number of piperidine rings is 1. The quantitative estimate of drug-likeness (QED) is 0.641. The van der Waals surface area contributed by atoms with Gasteiger partial charge < -0.3 is 19.7 Å². The summed E-state index contributed by atoms with van der Waals surface area (Å²) in [6.45, 7) is -1.52. The summed E-state index contributed by atoms with van der Waals surface area (Å²) in [6, 6.07) is 14.3. The third-order valence-electron chi connectivity index (χ3n) is 5.50. The lowest BCUT2D eigenvalue weighted by Crippen LogP contribution is -2.46. The van der Waals surface area contributed by atoms with Crippen LogP contribution in [0.5, 0.6) is 11.5 Å². The highest BCUT2D eigenvalue weighted by molar-refractivity contribution is 5.82. The molecule has 1 aliphatic heterocycles. The first kappa shape index (κ1) is 23.5. The van der Waals surface area contributed by atoms with Crippen molar-refractivity contribution in [1.82, 2.24) is 10.2 Å². The van der Waals surface area contributed by atoms with Gasteiger partial charge >= 0.3 is 6.61 Å². The molecule has 1 fully saturated rings. The first-order valence-corrected chi connectivity index (χ1v) is 10.7. The van der Waals surface area contributed by atoms with Gasteiger partial charge in [-0.1, -0.05) is 36.4 Å². The Bertz CT molecular complexity index is 908. The van der Waals surface area contributed by atoms with Gasteiger partial charge in [-0.05, 0) is 42.5 Å². The number of carbonyl (C=O) groups excluding carboxylic acids is 2. The van der Waals surface area contributed by atoms with Gasteiger partial charge in [0.1, 0.15) is 0 Å². The maximum Gasteiger partial charge on any atom is 0.387 e. The third kappa shape index (κ3) is 6.67. The average Bonchev–Trinajstić information content (AvgIpc) is 2.79. The molecule has 0 aliphatic carbocycles. The van der Waals surface area contributed by atoms with Gasteiger partial charge in [-0.15, -0.1) is 0 Å². The molecule has 1 heterocycles. The maximum atomic E-state index is 12.6. The normalized spacial score (nSPS) is 16.0. The number of halogens is 2. The van der Waals surface area contributed by atoms with E-state index in [4.69, 9.17) is 4.74 Å². The van der Waals surface area contributed by atoms with E-state index >= 15 is 0 Å². The molecular weight excluding hydrogens is 418 g/mol. The van der Waals surface area contributed by atoms with Crippen LogP contribution in [0.2, 0.25) is 0 Å². The predicted octanol–water partition coefficient (Wildman–Crippen LogP) is 3.44. The Morgan fingerprint density at radius 1 is 1.12 bits per heavy atom. The van der Waals surface area contributed by atoms with E-state index < -0.39 is 6.61 Å². The second kappa shape index (κ2) is 11.5. The van der Waals surface area contributed by atoms with Gasteiger partial charge in [-0.3, -0.25) is 9.59 Å². The second-order valence-corrected chi connectivity index (χ2v) is 7.75. The zero-order valence-corrected chi connectivity index (χ0v) is 18.1. The van der Waals surface area contributed by atoms with Gasteiger partial charge in [0, 0.05) is 19.6 Å². The number of amides is 2. The number of methoxy groups -OCH3 is 1. The molecule has 1 unspecified atom stereocenters. The topological polar surface area (TPSA) is 67.9 Å². The number of hydrogen-bond acceptors (Lipinski definition) is 4. The van der Waals surface area contributed by atoms with Crippen LogP contribution < -0.4 is 14.8 Å². The number of likely N-dealkylation sites (tertiary alicyclic amines) is 1. The number of nitrogens with one attached hydrogen (secondary N) is 1. The minimum atomic E-state index is -2.95. The Morgan fingerprint density at radius 2 is 1.91 bits per heavy atom. The number of carbonyl (C=O) groups is 2. The Kier molecular flexibility index (Phi) is 8.41. The molecule has 1 saturated heterocycles. The monoisotopic (exact) mass is 446 g/mol. The molecule has 8 heteroatoms. The minimum Gasteiger partial charge on any atom is -0.493 e. The molecule has 32 heavy (non-hydrogen) atoms. The Hall–Kier alpha value is -3.16. The third-order valence-corrected chi connectivity index (χ3v) is 5.50. The molecule has 0 aromatic heterocycles. The second-order valence-electron chi connectivity index (χ2n) is 7.75. The summed E-state index contributed by atoms with van der Waals surface area (Å²) < 4.78 is 34.7. The molecule has 1 atom stereocenters. The highest BCUT2D eigenvalue weighted by Crippen LogP contribution is 2.29. The number of rotatable bonds is 9. The fraction of sp³-hybridized carbons (Fsp3) is 0.417. The van der Waals surface area contributed by atoms with Crippen molar-refractivity contribution in [3.63, 3.8) is 0 Å². The molecule has 2 aromatic rings. The summed E-state index contributed by atoms with van der Waals surface area (Å²) in [5, 5.41) is 2.90. The van der Waals surface area contributed by atoms with E-state index in [-0.39, 0.29) is 29.2 Å². The smallest absolute Gasteiger partial charge is 0.387 e. The van der Waals surface area contributed by atoms with Crippen LogP contribution in [0.4, 0.5) is 8.78 Å². The number of alkyl halides is 2. The van der Waals surface area contributed by atoms with E-state index in [1.807, 2.05) is 30.3 Å². The number of benzene rings is 2. The highest BCUT2D eigenvalue weighted by atomic mass is 19.3. The highest BCUT2D eigenvalue weighted by Gasteiger charge is 2.28. The van der Waals surface area contributed by atoms with Crippen molar-refractivity contribution >= 4 is 11.8 Å². The lowest BCUT2D eigenvalue weighted by atomic mass is 9.96. The molecule has 6 nitrogen and oxygen atoms in total. The number of ether oxygens (including phenoxy) is 2. The molecule has 0 bridgehead atoms. The van der Waals surface area contributed by atoms with Gasteiger partial charge in [0.15, 0.2) is 11.5 Å². The maximum absolute atomic E-state index is 12.6. The Balaban J connectivity index is 1.49. The van der Waals surface area contributed by atoms with E-state index in [1.165, 1.54) is 13.2 Å².